The summed E-state index contributed by atoms with van der Waals surface area (Å²) >= 11 is 1.37. The van der Waals surface area contributed by atoms with E-state index in [0.29, 0.717) is 22.5 Å². The van der Waals surface area contributed by atoms with Crippen molar-refractivity contribution in [3.63, 3.8) is 0 Å². The van der Waals surface area contributed by atoms with Gasteiger partial charge in [-0.3, -0.25) is 9.59 Å². The first-order chi connectivity index (χ1) is 12.2. The van der Waals surface area contributed by atoms with Crippen molar-refractivity contribution in [2.45, 2.75) is 6.54 Å². The summed E-state index contributed by atoms with van der Waals surface area (Å²) in [6.45, 7) is 0.359. The number of hydrogen-bond donors (Lipinski definition) is 1. The minimum atomic E-state index is -0.275. The topological polar surface area (TPSA) is 55.4 Å². The van der Waals surface area contributed by atoms with Crippen LogP contribution in [0.2, 0.25) is 0 Å². The van der Waals surface area contributed by atoms with Gasteiger partial charge in [-0.05, 0) is 35.2 Å². The number of thiophene rings is 1. The van der Waals surface area contributed by atoms with E-state index >= 15 is 0 Å². The molecule has 4 nitrogen and oxygen atoms in total. The smallest absolute Gasteiger partial charge is 0.252 e. The molecule has 1 amide bonds. The van der Waals surface area contributed by atoms with Gasteiger partial charge in [-0.25, -0.2) is 0 Å². The fourth-order valence-corrected chi connectivity index (χ4v) is 3.16. The molecule has 5 heteroatoms. The van der Waals surface area contributed by atoms with Gasteiger partial charge in [-0.2, -0.15) is 0 Å². The van der Waals surface area contributed by atoms with Crippen LogP contribution in [0.4, 0.5) is 0 Å². The SMILES string of the molecule is COc1cccc(CNC(=O)c2ccccc2C(=O)c2cccs2)c1. The summed E-state index contributed by atoms with van der Waals surface area (Å²) in [5.74, 6) is 0.325. The molecular weight excluding hydrogens is 334 g/mol. The third-order valence-electron chi connectivity index (χ3n) is 3.75. The van der Waals surface area contributed by atoms with Crippen molar-refractivity contribution < 1.29 is 14.3 Å². The lowest BCUT2D eigenvalue weighted by Crippen LogP contribution is -2.25. The second-order valence-electron chi connectivity index (χ2n) is 5.39. The Labute approximate surface area is 150 Å². The first kappa shape index (κ1) is 16.9. The van der Waals surface area contributed by atoms with Gasteiger partial charge in [0.1, 0.15) is 5.75 Å². The summed E-state index contributed by atoms with van der Waals surface area (Å²) < 4.78 is 5.18. The third-order valence-corrected chi connectivity index (χ3v) is 4.62. The minimum Gasteiger partial charge on any atom is -0.497 e. The van der Waals surface area contributed by atoms with Crippen molar-refractivity contribution in [2.75, 3.05) is 7.11 Å². The van der Waals surface area contributed by atoms with Crippen molar-refractivity contribution in [3.05, 3.63) is 87.6 Å². The van der Waals surface area contributed by atoms with E-state index in [4.69, 9.17) is 4.74 Å². The Morgan fingerprint density at radius 2 is 1.80 bits per heavy atom. The van der Waals surface area contributed by atoms with E-state index in [1.165, 1.54) is 11.3 Å². The molecule has 0 saturated carbocycles. The van der Waals surface area contributed by atoms with Crippen LogP contribution in [0, 0.1) is 0 Å². The lowest BCUT2D eigenvalue weighted by Gasteiger charge is -2.10. The largest absolute Gasteiger partial charge is 0.497 e. The van der Waals surface area contributed by atoms with Gasteiger partial charge >= 0.3 is 0 Å². The Morgan fingerprint density at radius 3 is 2.52 bits per heavy atom. The molecule has 3 aromatic rings. The molecule has 3 rings (SSSR count). The lowest BCUT2D eigenvalue weighted by molar-refractivity contribution is 0.0940. The Hall–Kier alpha value is -2.92. The van der Waals surface area contributed by atoms with Crippen molar-refractivity contribution in [3.8, 4) is 5.75 Å². The van der Waals surface area contributed by atoms with Gasteiger partial charge in [0.25, 0.3) is 5.91 Å². The highest BCUT2D eigenvalue weighted by Crippen LogP contribution is 2.19. The van der Waals surface area contributed by atoms with Crippen molar-refractivity contribution >= 4 is 23.0 Å². The van der Waals surface area contributed by atoms with Crippen LogP contribution in [-0.2, 0) is 6.54 Å². The van der Waals surface area contributed by atoms with Crippen LogP contribution in [-0.4, -0.2) is 18.8 Å². The van der Waals surface area contributed by atoms with Crippen LogP contribution in [0.1, 0.15) is 31.2 Å². The summed E-state index contributed by atoms with van der Waals surface area (Å²) in [6, 6.07) is 17.9. The second kappa shape index (κ2) is 7.77. The van der Waals surface area contributed by atoms with Crippen molar-refractivity contribution in [1.82, 2.24) is 5.32 Å². The second-order valence-corrected chi connectivity index (χ2v) is 6.33. The minimum absolute atomic E-state index is 0.137. The summed E-state index contributed by atoms with van der Waals surface area (Å²) in [5.41, 5.74) is 1.71. The summed E-state index contributed by atoms with van der Waals surface area (Å²) in [7, 11) is 1.60. The van der Waals surface area contributed by atoms with E-state index in [1.54, 1.807) is 37.4 Å². The van der Waals surface area contributed by atoms with E-state index in [9.17, 15) is 9.59 Å². The number of hydrogen-bond acceptors (Lipinski definition) is 4. The molecule has 0 radical (unpaired) electrons. The van der Waals surface area contributed by atoms with Crippen LogP contribution >= 0.6 is 11.3 Å². The zero-order valence-corrected chi connectivity index (χ0v) is 14.5. The molecule has 0 bridgehead atoms. The number of benzene rings is 2. The van der Waals surface area contributed by atoms with Gasteiger partial charge in [0.05, 0.1) is 17.6 Å². The van der Waals surface area contributed by atoms with Gasteiger partial charge in [0.2, 0.25) is 5.78 Å². The zero-order chi connectivity index (χ0) is 17.6. The van der Waals surface area contributed by atoms with Crippen LogP contribution < -0.4 is 10.1 Å². The zero-order valence-electron chi connectivity index (χ0n) is 13.7. The number of carbonyl (C=O) groups is 2. The van der Waals surface area contributed by atoms with Gasteiger partial charge in [-0.15, -0.1) is 11.3 Å². The summed E-state index contributed by atoms with van der Waals surface area (Å²) in [5, 5.41) is 4.71. The molecule has 0 aliphatic carbocycles. The number of carbonyl (C=O) groups excluding carboxylic acids is 2. The predicted molar refractivity (Wildman–Crippen MR) is 98.4 cm³/mol. The molecule has 0 fully saturated rings. The molecule has 1 heterocycles. The summed E-state index contributed by atoms with van der Waals surface area (Å²) in [4.78, 5) is 25.8. The number of nitrogens with one attached hydrogen (secondary N) is 1. The van der Waals surface area contributed by atoms with Gasteiger partial charge in [0.15, 0.2) is 0 Å². The molecule has 0 atom stereocenters. The monoisotopic (exact) mass is 351 g/mol. The number of rotatable bonds is 6. The van der Waals surface area contributed by atoms with Crippen molar-refractivity contribution in [1.29, 1.82) is 0 Å². The Bertz CT molecular complexity index is 887. The van der Waals surface area contributed by atoms with E-state index < -0.39 is 0 Å². The van der Waals surface area contributed by atoms with Crippen LogP contribution in [0.3, 0.4) is 0 Å². The van der Waals surface area contributed by atoms with Crippen molar-refractivity contribution in [2.24, 2.45) is 0 Å². The maximum atomic E-state index is 12.6. The maximum absolute atomic E-state index is 12.6. The molecule has 0 aliphatic rings. The van der Waals surface area contributed by atoms with Crippen LogP contribution in [0.5, 0.6) is 5.75 Å². The molecule has 0 unspecified atom stereocenters. The molecule has 126 valence electrons. The predicted octanol–water partition coefficient (Wildman–Crippen LogP) is 3.92. The highest BCUT2D eigenvalue weighted by molar-refractivity contribution is 7.12. The summed E-state index contributed by atoms with van der Waals surface area (Å²) in [6.07, 6.45) is 0. The standard InChI is InChI=1S/C20H17NO3S/c1-24-15-7-4-6-14(12-15)13-21-20(23)17-9-3-2-8-16(17)19(22)18-10-5-11-25-18/h2-12H,13H2,1H3,(H,21,23). The third kappa shape index (κ3) is 3.95. The molecule has 0 saturated heterocycles. The Balaban J connectivity index is 1.77. The Kier molecular flexibility index (Phi) is 5.26. The quantitative estimate of drug-likeness (QED) is 0.685. The average molecular weight is 351 g/mol. The molecule has 1 aromatic heterocycles. The Morgan fingerprint density at radius 1 is 1.00 bits per heavy atom. The van der Waals surface area contributed by atoms with E-state index in [-0.39, 0.29) is 11.7 Å². The molecular formula is C20H17NO3S. The normalized spacial score (nSPS) is 10.3. The molecule has 1 N–H and O–H groups in total. The number of amides is 1. The number of ether oxygens (including phenoxy) is 1. The first-order valence-corrected chi connectivity index (χ1v) is 8.65. The van der Waals surface area contributed by atoms with Gasteiger partial charge in [-0.1, -0.05) is 36.4 Å². The van der Waals surface area contributed by atoms with Gasteiger partial charge in [0, 0.05) is 12.1 Å². The van der Waals surface area contributed by atoms with Crippen LogP contribution in [0.25, 0.3) is 0 Å². The van der Waals surface area contributed by atoms with E-state index in [0.717, 1.165) is 11.3 Å². The fraction of sp³-hybridized carbons (Fsp3) is 0.100. The number of ketones is 1. The molecule has 2 aromatic carbocycles. The lowest BCUT2D eigenvalue weighted by atomic mass is 10.0. The molecule has 0 spiro atoms. The molecule has 25 heavy (non-hydrogen) atoms. The average Bonchev–Trinajstić information content (AvgIpc) is 3.20. The first-order valence-electron chi connectivity index (χ1n) is 7.77. The van der Waals surface area contributed by atoms with Gasteiger partial charge < -0.3 is 10.1 Å². The van der Waals surface area contributed by atoms with E-state index in [2.05, 4.69) is 5.32 Å². The highest BCUT2D eigenvalue weighted by atomic mass is 32.1. The van der Waals surface area contributed by atoms with Crippen LogP contribution in [0.15, 0.2) is 66.0 Å². The maximum Gasteiger partial charge on any atom is 0.252 e. The van der Waals surface area contributed by atoms with E-state index in [1.807, 2.05) is 35.7 Å². The molecule has 0 aliphatic heterocycles. The highest BCUT2D eigenvalue weighted by Gasteiger charge is 2.18. The fourth-order valence-electron chi connectivity index (χ4n) is 2.48. The number of methoxy groups -OCH3 is 1.